The van der Waals surface area contributed by atoms with Gasteiger partial charge in [-0.3, -0.25) is 0 Å². The molecule has 20 heteroatoms. The van der Waals surface area contributed by atoms with Crippen molar-refractivity contribution in [3.8, 4) is 0 Å². The van der Waals surface area contributed by atoms with Crippen LogP contribution in [0.5, 0.6) is 0 Å². The van der Waals surface area contributed by atoms with Crippen LogP contribution in [0.25, 0.3) is 0 Å². The predicted molar refractivity (Wildman–Crippen MR) is 72.1 cm³/mol. The Bertz CT molecular complexity index is 668. The van der Waals surface area contributed by atoms with Crippen LogP contribution < -0.4 is 0 Å². The largest absolute Gasteiger partial charge is 0.424 e. The van der Waals surface area contributed by atoms with Gasteiger partial charge in [-0.15, -0.1) is 43.2 Å². The van der Waals surface area contributed by atoms with Crippen molar-refractivity contribution in [1.82, 2.24) is 0 Å². The van der Waals surface area contributed by atoms with Gasteiger partial charge < -0.3 is 0 Å². The number of nitrogens with zero attached hydrogens (tertiary/aromatic N) is 5. The monoisotopic (exact) mass is 463 g/mol. The van der Waals surface area contributed by atoms with E-state index in [-0.39, 0.29) is 0 Å². The molecule has 1 aliphatic rings. The first-order valence-corrected chi connectivity index (χ1v) is 14.1. The smallest absolute Gasteiger partial charge is 0.162 e. The van der Waals surface area contributed by atoms with Crippen LogP contribution in [0.2, 0.25) is 0 Å². The lowest BCUT2D eigenvalue weighted by Crippen LogP contribution is -1.71. The summed E-state index contributed by atoms with van der Waals surface area (Å²) in [5.41, 5.74) is 0. The lowest BCUT2D eigenvalue weighted by Gasteiger charge is -2.13. The Morgan fingerprint density at radius 2 is 1.25 bits per heavy atom. The quantitative estimate of drug-likeness (QED) is 0.288. The van der Waals surface area contributed by atoms with E-state index in [9.17, 15) is 29.4 Å². The standard InChI is InChI=1S/Cl3F7N5P5/c1-16(2,3)11-17(4,5)13-20(10)14-18(6,7)12-19(8,9)15-20. The van der Waals surface area contributed by atoms with Crippen LogP contribution in [0, 0.1) is 0 Å². The molecule has 0 aromatic carbocycles. The summed E-state index contributed by atoms with van der Waals surface area (Å²) in [7, 11) is -24.2. The first kappa shape index (κ1) is 19.6. The van der Waals surface area contributed by atoms with Crippen molar-refractivity contribution < 1.29 is 29.4 Å². The van der Waals surface area contributed by atoms with E-state index in [0.29, 0.717) is 0 Å². The zero-order valence-electron chi connectivity index (χ0n) is 8.25. The third-order valence-electron chi connectivity index (χ3n) is 1.09. The molecule has 0 N–H and O–H groups in total. The maximum atomic E-state index is 13.7. The SMILES string of the molecule is FP1(F)=NP(F)(F)=NP(F)(N=P(F)(F)N=P(Cl)(Cl)Cl)=N1. The average molecular weight is 464 g/mol. The molecule has 0 spiro atoms. The van der Waals surface area contributed by atoms with E-state index in [2.05, 4.69) is 4.52 Å². The Morgan fingerprint density at radius 1 is 0.800 bits per heavy atom. The van der Waals surface area contributed by atoms with E-state index < -0.39 is 36.3 Å². The Morgan fingerprint density at radius 3 is 1.65 bits per heavy atom. The molecule has 0 aliphatic carbocycles. The van der Waals surface area contributed by atoms with Gasteiger partial charge >= 0.3 is 31.1 Å². The van der Waals surface area contributed by atoms with Crippen LogP contribution in [0.15, 0.2) is 22.6 Å². The minimum absolute atomic E-state index is 1.66. The normalized spacial score (nSPS) is 28.7. The minimum Gasteiger partial charge on any atom is -0.162 e. The highest BCUT2D eigenvalue weighted by Gasteiger charge is 2.41. The molecule has 0 saturated carbocycles. The molecule has 5 nitrogen and oxygen atoms in total. The predicted octanol–water partition coefficient (Wildman–Crippen LogP) is 10.2. The average Bonchev–Trinajstić information content (AvgIpc) is 1.83. The maximum absolute atomic E-state index is 13.7. The van der Waals surface area contributed by atoms with E-state index in [0.717, 1.165) is 0 Å². The van der Waals surface area contributed by atoms with Crippen LogP contribution in [0.3, 0.4) is 0 Å². The summed E-state index contributed by atoms with van der Waals surface area (Å²) in [6.07, 6.45) is 0. The van der Waals surface area contributed by atoms with Gasteiger partial charge in [0.1, 0.15) is 0 Å². The Kier molecular flexibility index (Phi) is 5.74. The lowest BCUT2D eigenvalue weighted by molar-refractivity contribution is 0.696. The van der Waals surface area contributed by atoms with E-state index in [1.807, 2.05) is 13.5 Å². The van der Waals surface area contributed by atoms with Crippen LogP contribution in [0.4, 0.5) is 29.4 Å². The summed E-state index contributed by atoms with van der Waals surface area (Å²) in [6, 6.07) is 0. The third kappa shape index (κ3) is 6.75. The van der Waals surface area contributed by atoms with Gasteiger partial charge in [-0.2, -0.15) is 8.71 Å². The number of hydrogen-bond donors (Lipinski definition) is 0. The van der Waals surface area contributed by atoms with Gasteiger partial charge in [-0.05, 0) is 33.7 Å². The molecule has 0 bridgehead atoms. The van der Waals surface area contributed by atoms with Crippen LogP contribution in [-0.2, 0) is 0 Å². The fraction of sp³-hybridized carbons (Fsp3) is 0. The molecule has 0 aromatic rings. The van der Waals surface area contributed by atoms with E-state index in [1.54, 1.807) is 4.52 Å². The summed E-state index contributed by atoms with van der Waals surface area (Å²) in [6.45, 7) is 0. The van der Waals surface area contributed by atoms with Gasteiger partial charge in [0.05, 0.1) is 0 Å². The van der Waals surface area contributed by atoms with Crippen molar-refractivity contribution in [2.24, 2.45) is 22.6 Å². The first-order valence-electron chi connectivity index (χ1n) is 3.69. The maximum Gasteiger partial charge on any atom is 0.424 e. The highest BCUT2D eigenvalue weighted by Crippen LogP contribution is 2.85. The van der Waals surface area contributed by atoms with Gasteiger partial charge in [0.15, 0.2) is 0 Å². The van der Waals surface area contributed by atoms with Crippen molar-refractivity contribution >= 4 is 70.0 Å². The van der Waals surface area contributed by atoms with E-state index in [1.165, 1.54) is 0 Å². The highest BCUT2D eigenvalue weighted by molar-refractivity contribution is 8.27. The Balaban J connectivity index is 3.61. The minimum atomic E-state index is -6.13. The van der Waals surface area contributed by atoms with E-state index in [4.69, 9.17) is 33.7 Å². The van der Waals surface area contributed by atoms with Crippen molar-refractivity contribution in [2.45, 2.75) is 0 Å². The molecule has 1 unspecified atom stereocenters. The first-order chi connectivity index (χ1) is 8.54. The van der Waals surface area contributed by atoms with Crippen molar-refractivity contribution in [3.63, 3.8) is 0 Å². The summed E-state index contributed by atoms with van der Waals surface area (Å²) < 4.78 is 101. The molecule has 0 saturated heterocycles. The fourth-order valence-corrected chi connectivity index (χ4v) is 11.1. The second-order valence-corrected chi connectivity index (χ2v) is 16.8. The molecule has 20 heavy (non-hydrogen) atoms. The highest BCUT2D eigenvalue weighted by atomic mass is 36.0. The topological polar surface area (TPSA) is 61.8 Å². The summed E-state index contributed by atoms with van der Waals surface area (Å²) in [5.74, 6) is 0. The van der Waals surface area contributed by atoms with Crippen molar-refractivity contribution in [1.29, 1.82) is 0 Å². The van der Waals surface area contributed by atoms with Gasteiger partial charge in [-0.1, -0.05) is 0 Å². The summed E-state index contributed by atoms with van der Waals surface area (Å²) >= 11 is 15.0. The molecule has 0 radical (unpaired) electrons. The fourth-order valence-electron chi connectivity index (χ4n) is 0.770. The van der Waals surface area contributed by atoms with Gasteiger partial charge in [-0.25, -0.2) is 0 Å². The van der Waals surface area contributed by atoms with Gasteiger partial charge in [0.2, 0.25) is 5.11 Å². The second-order valence-electron chi connectivity index (χ2n) is 2.73. The molecular weight excluding hydrogens is 464 g/mol. The molecule has 120 valence electrons. The molecule has 0 fully saturated rings. The molecule has 1 heterocycles. The zero-order chi connectivity index (χ0) is 16.0. The van der Waals surface area contributed by atoms with E-state index >= 15 is 0 Å². The number of rotatable bonds is 2. The van der Waals surface area contributed by atoms with Crippen LogP contribution in [0.1, 0.15) is 0 Å². The Hall–Kier alpha value is 1.53. The zero-order valence-corrected chi connectivity index (χ0v) is 15.0. The number of hydrogen-bond acceptors (Lipinski definition) is 4. The van der Waals surface area contributed by atoms with Gasteiger partial charge in [0, 0.05) is 0 Å². The molecule has 1 atom stereocenters. The van der Waals surface area contributed by atoms with Crippen molar-refractivity contribution in [2.75, 3.05) is 0 Å². The molecule has 0 amide bonds. The lowest BCUT2D eigenvalue weighted by atomic mass is 13.8. The summed E-state index contributed by atoms with van der Waals surface area (Å²) in [4.78, 5) is 0. The number of halogens is 10. The van der Waals surface area contributed by atoms with Crippen molar-refractivity contribution in [3.05, 3.63) is 0 Å². The Labute approximate surface area is 122 Å². The molecule has 0 aromatic heterocycles. The third-order valence-corrected chi connectivity index (χ3v) is 11.6. The second kappa shape index (κ2) is 5.87. The molecular formula is Cl3F7N5P5. The summed E-state index contributed by atoms with van der Waals surface area (Å²) in [5, 5.41) is -4.06. The van der Waals surface area contributed by atoms with Crippen LogP contribution in [-0.4, -0.2) is 0 Å². The molecule has 1 rings (SSSR count). The van der Waals surface area contributed by atoms with Gasteiger partial charge in [0.25, 0.3) is 0 Å². The van der Waals surface area contributed by atoms with Crippen LogP contribution >= 0.6 is 70.0 Å². The molecule has 1 aliphatic heterocycles.